The second-order valence-corrected chi connectivity index (χ2v) is 8.76. The van der Waals surface area contributed by atoms with E-state index in [0.29, 0.717) is 49.0 Å². The molecule has 2 aromatic rings. The van der Waals surface area contributed by atoms with Gasteiger partial charge in [0, 0.05) is 25.1 Å². The van der Waals surface area contributed by atoms with Crippen molar-refractivity contribution in [2.75, 3.05) is 33.4 Å². The molecule has 1 atom stereocenters. The Labute approximate surface area is 183 Å². The summed E-state index contributed by atoms with van der Waals surface area (Å²) in [6, 6.07) is 0. The van der Waals surface area contributed by atoms with Gasteiger partial charge < -0.3 is 14.4 Å². The van der Waals surface area contributed by atoms with Crippen LogP contribution in [0.15, 0.2) is 14.6 Å². The van der Waals surface area contributed by atoms with Crippen LogP contribution in [0.5, 0.6) is 0 Å². The SMILES string of the molecule is COCCn1c(=O)c2c(C)c(CN3CCN=C3NC#N)sc2n(CC2CCCO2)c1=O. The lowest BCUT2D eigenvalue weighted by atomic mass is 10.2. The molecule has 0 radical (unpaired) electrons. The molecule has 166 valence electrons. The number of nitrogens with zero attached hydrogens (tertiary/aromatic N) is 5. The topological polar surface area (TPSA) is 114 Å². The van der Waals surface area contributed by atoms with E-state index in [4.69, 9.17) is 14.7 Å². The number of hydrogen-bond donors (Lipinski definition) is 1. The van der Waals surface area contributed by atoms with Crippen molar-refractivity contribution in [3.63, 3.8) is 0 Å². The van der Waals surface area contributed by atoms with Gasteiger partial charge in [-0.15, -0.1) is 11.3 Å². The van der Waals surface area contributed by atoms with Gasteiger partial charge in [0.05, 0.1) is 44.3 Å². The Morgan fingerprint density at radius 3 is 2.94 bits per heavy atom. The van der Waals surface area contributed by atoms with Gasteiger partial charge >= 0.3 is 5.69 Å². The fourth-order valence-corrected chi connectivity index (χ4v) is 5.42. The first-order valence-electron chi connectivity index (χ1n) is 10.4. The molecule has 2 aliphatic rings. The zero-order valence-corrected chi connectivity index (χ0v) is 18.5. The van der Waals surface area contributed by atoms with Gasteiger partial charge in [0.1, 0.15) is 4.83 Å². The Hall–Kier alpha value is -2.68. The average molecular weight is 447 g/mol. The van der Waals surface area contributed by atoms with Crippen molar-refractivity contribution >= 4 is 27.5 Å². The molecule has 31 heavy (non-hydrogen) atoms. The van der Waals surface area contributed by atoms with Crippen LogP contribution in [0.4, 0.5) is 0 Å². The van der Waals surface area contributed by atoms with Gasteiger partial charge in [-0.25, -0.2) is 4.79 Å². The minimum absolute atomic E-state index is 0.0303. The van der Waals surface area contributed by atoms with Gasteiger partial charge in [-0.05, 0) is 25.3 Å². The Morgan fingerprint density at radius 1 is 1.39 bits per heavy atom. The normalized spacial score (nSPS) is 18.5. The first kappa shape index (κ1) is 21.5. The maximum atomic E-state index is 13.3. The van der Waals surface area contributed by atoms with Crippen LogP contribution in [0.2, 0.25) is 0 Å². The van der Waals surface area contributed by atoms with Gasteiger partial charge in [0.2, 0.25) is 5.96 Å². The fraction of sp³-hybridized carbons (Fsp3) is 0.600. The third kappa shape index (κ3) is 4.11. The van der Waals surface area contributed by atoms with Crippen LogP contribution < -0.4 is 16.6 Å². The summed E-state index contributed by atoms with van der Waals surface area (Å²) < 4.78 is 13.8. The molecule has 0 bridgehead atoms. The molecule has 1 unspecified atom stereocenters. The van der Waals surface area contributed by atoms with Crippen LogP contribution in [0.25, 0.3) is 10.2 Å². The number of ether oxygens (including phenoxy) is 2. The van der Waals surface area contributed by atoms with Crippen LogP contribution in [0.1, 0.15) is 23.3 Å². The van der Waals surface area contributed by atoms with Gasteiger partial charge in [-0.3, -0.25) is 24.2 Å². The number of fused-ring (bicyclic) bond motifs is 1. The van der Waals surface area contributed by atoms with Crippen LogP contribution >= 0.6 is 11.3 Å². The number of rotatable bonds is 7. The van der Waals surface area contributed by atoms with Gasteiger partial charge in [0.15, 0.2) is 6.19 Å². The summed E-state index contributed by atoms with van der Waals surface area (Å²) >= 11 is 1.46. The smallest absolute Gasteiger partial charge is 0.332 e. The summed E-state index contributed by atoms with van der Waals surface area (Å²) in [5, 5.41) is 12.1. The number of hydrogen-bond acceptors (Lipinski definition) is 9. The molecular weight excluding hydrogens is 420 g/mol. The van der Waals surface area contributed by atoms with Crippen molar-refractivity contribution in [1.29, 1.82) is 5.26 Å². The van der Waals surface area contributed by atoms with Crippen molar-refractivity contribution in [3.05, 3.63) is 31.3 Å². The minimum Gasteiger partial charge on any atom is -0.383 e. The van der Waals surface area contributed by atoms with Crippen molar-refractivity contribution in [1.82, 2.24) is 19.4 Å². The molecule has 11 heteroatoms. The number of nitriles is 1. The number of aliphatic imine (C=N–C) groups is 1. The lowest BCUT2D eigenvalue weighted by Crippen LogP contribution is -2.42. The Bertz CT molecular complexity index is 1150. The predicted molar refractivity (Wildman–Crippen MR) is 117 cm³/mol. The zero-order chi connectivity index (χ0) is 22.0. The summed E-state index contributed by atoms with van der Waals surface area (Å²) in [4.78, 5) is 34.5. The van der Waals surface area contributed by atoms with E-state index in [9.17, 15) is 9.59 Å². The average Bonchev–Trinajstić information content (AvgIpc) is 3.48. The molecule has 0 spiro atoms. The first-order valence-corrected chi connectivity index (χ1v) is 11.2. The number of nitrogens with one attached hydrogen (secondary N) is 1. The first-order chi connectivity index (χ1) is 15.0. The van der Waals surface area contributed by atoms with Gasteiger partial charge in [-0.2, -0.15) is 5.26 Å². The van der Waals surface area contributed by atoms with E-state index in [2.05, 4.69) is 10.3 Å². The van der Waals surface area contributed by atoms with Crippen molar-refractivity contribution in [2.24, 2.45) is 4.99 Å². The number of aromatic nitrogens is 2. The van der Waals surface area contributed by atoms with E-state index in [1.807, 2.05) is 18.0 Å². The predicted octanol–water partition coefficient (Wildman–Crippen LogP) is 0.601. The maximum Gasteiger partial charge on any atom is 0.332 e. The molecule has 0 amide bonds. The molecule has 1 saturated heterocycles. The van der Waals surface area contributed by atoms with E-state index >= 15 is 0 Å². The zero-order valence-electron chi connectivity index (χ0n) is 17.7. The highest BCUT2D eigenvalue weighted by atomic mass is 32.1. The lowest BCUT2D eigenvalue weighted by Gasteiger charge is -2.18. The fourth-order valence-electron chi connectivity index (χ4n) is 4.10. The molecule has 1 N–H and O–H groups in total. The van der Waals surface area contributed by atoms with Crippen molar-refractivity contribution in [2.45, 2.75) is 45.5 Å². The second kappa shape index (κ2) is 9.21. The number of thiophene rings is 1. The van der Waals surface area contributed by atoms with Crippen LogP contribution in [0, 0.1) is 18.4 Å². The van der Waals surface area contributed by atoms with Gasteiger partial charge in [0.25, 0.3) is 5.56 Å². The summed E-state index contributed by atoms with van der Waals surface area (Å²) in [7, 11) is 1.55. The van der Waals surface area contributed by atoms with Crippen molar-refractivity contribution in [3.8, 4) is 6.19 Å². The molecule has 0 aliphatic carbocycles. The van der Waals surface area contributed by atoms with E-state index in [-0.39, 0.29) is 30.5 Å². The third-order valence-electron chi connectivity index (χ3n) is 5.76. The van der Waals surface area contributed by atoms with E-state index in [1.54, 1.807) is 11.7 Å². The van der Waals surface area contributed by atoms with Crippen LogP contribution in [-0.4, -0.2) is 59.5 Å². The molecule has 4 rings (SSSR count). The molecule has 2 aliphatic heterocycles. The number of aryl methyl sites for hydroxylation is 1. The van der Waals surface area contributed by atoms with Crippen LogP contribution in [0.3, 0.4) is 0 Å². The van der Waals surface area contributed by atoms with E-state index < -0.39 is 0 Å². The second-order valence-electron chi connectivity index (χ2n) is 7.67. The molecular formula is C20H26N6O4S. The molecule has 2 aromatic heterocycles. The number of methoxy groups -OCH3 is 1. The quantitative estimate of drug-likeness (QED) is 0.489. The molecule has 1 fully saturated rings. The Balaban J connectivity index is 1.80. The summed E-state index contributed by atoms with van der Waals surface area (Å²) in [5.74, 6) is 0.536. The maximum absolute atomic E-state index is 13.3. The molecule has 0 saturated carbocycles. The Morgan fingerprint density at radius 2 is 2.23 bits per heavy atom. The van der Waals surface area contributed by atoms with Crippen molar-refractivity contribution < 1.29 is 9.47 Å². The standard InChI is InChI=1S/C20H26N6O4S/c1-13-15(11-24-6-5-22-19(24)23-12-21)31-18-16(13)17(27)25(7-9-29-2)20(28)26(18)10-14-4-3-8-30-14/h14H,3-11H2,1-2H3,(H,22,23). The minimum atomic E-state index is -0.326. The summed E-state index contributed by atoms with van der Waals surface area (Å²) in [5.41, 5.74) is 0.249. The van der Waals surface area contributed by atoms with Crippen LogP contribution in [-0.2, 0) is 29.1 Å². The third-order valence-corrected chi connectivity index (χ3v) is 7.05. The highest BCUT2D eigenvalue weighted by molar-refractivity contribution is 7.18. The summed E-state index contributed by atoms with van der Waals surface area (Å²) in [6.07, 6.45) is 3.76. The Kier molecular flexibility index (Phi) is 6.41. The summed E-state index contributed by atoms with van der Waals surface area (Å²) in [6.45, 7) is 5.35. The molecule has 0 aromatic carbocycles. The lowest BCUT2D eigenvalue weighted by molar-refractivity contribution is 0.0964. The highest BCUT2D eigenvalue weighted by Gasteiger charge is 2.25. The highest BCUT2D eigenvalue weighted by Crippen LogP contribution is 2.30. The molecule has 10 nitrogen and oxygen atoms in total. The van der Waals surface area contributed by atoms with Gasteiger partial charge in [-0.1, -0.05) is 0 Å². The van der Waals surface area contributed by atoms with E-state index in [0.717, 1.165) is 23.3 Å². The number of guanidine groups is 1. The monoisotopic (exact) mass is 446 g/mol. The van der Waals surface area contributed by atoms with E-state index in [1.165, 1.54) is 15.9 Å². The molecule has 4 heterocycles. The largest absolute Gasteiger partial charge is 0.383 e.